The number of benzene rings is 2. The Morgan fingerprint density at radius 2 is 0.867 bits per heavy atom. The van der Waals surface area contributed by atoms with E-state index in [0.29, 0.717) is 44.2 Å². The van der Waals surface area contributed by atoms with E-state index in [4.69, 9.17) is 17.2 Å². The molecule has 2 aromatic carbocycles. The van der Waals surface area contributed by atoms with Crippen molar-refractivity contribution in [2.24, 2.45) is 40.9 Å². The van der Waals surface area contributed by atoms with Gasteiger partial charge in [0.05, 0.1) is 6.04 Å². The van der Waals surface area contributed by atoms with Crippen molar-refractivity contribution in [3.05, 3.63) is 71.8 Å². The molecule has 2 aliphatic rings. The van der Waals surface area contributed by atoms with Gasteiger partial charge in [-0.15, -0.1) is 0 Å². The second-order valence-corrected chi connectivity index (χ2v) is 23.6. The number of nitrogens with zero attached hydrogens (tertiary/aromatic N) is 2. The van der Waals surface area contributed by atoms with Crippen LogP contribution in [0.25, 0.3) is 0 Å². The van der Waals surface area contributed by atoms with Gasteiger partial charge in [-0.25, -0.2) is 4.79 Å². The standard InChI is InChI=1S/C60H94N12O11/c1-35(2)31-44(66-51(73)42(23-15-27-61)64-56(78)49(37(5)6)69-54(76)47-25-17-29-71(47)58(80)41(63)33-39-19-11-9-12-20-39)53(75)67-45(34-40-21-13-10-14-22-40)59(81)72-30-18-26-48(72)55(77)70-50(38(7)8)57(79)65-43(24-16-28-62)52(74)68-46(60(82)83)32-36(3)4/h9-14,19-22,35-38,41-50H,15-18,23-34,61-63H2,1-8H3,(H,64,78)(H,65,79)(H,66,73)(H,67,75)(H,68,74)(H,69,76)(H,70,77)(H,82,83)/t41-,42+,43+,44+,45-,46+,47+,48+,49+,50+/m1/s1. The molecule has 2 heterocycles. The number of hydrogen-bond acceptors (Lipinski definition) is 13. The highest BCUT2D eigenvalue weighted by Crippen LogP contribution is 2.23. The Bertz CT molecular complexity index is 2480. The van der Waals surface area contributed by atoms with Crippen LogP contribution in [0.1, 0.15) is 131 Å². The Kier molecular flexibility index (Phi) is 28.0. The maximum absolute atomic E-state index is 14.9. The van der Waals surface area contributed by atoms with E-state index in [2.05, 4.69) is 37.2 Å². The van der Waals surface area contributed by atoms with Crippen LogP contribution in [-0.2, 0) is 60.8 Å². The predicted octanol–water partition coefficient (Wildman–Crippen LogP) is 1.14. The van der Waals surface area contributed by atoms with Gasteiger partial charge in [-0.1, -0.05) is 116 Å². The van der Waals surface area contributed by atoms with Crippen LogP contribution in [0.5, 0.6) is 0 Å². The molecule has 23 heteroatoms. The SMILES string of the molecule is CC(C)C[C@H](NC(=O)[C@H](CCCN)NC(=O)[C@@H](NC(=O)[C@@H]1CCCN1C(=O)[C@@H](Cc1ccccc1)NC(=O)[C@H](CC(C)C)NC(=O)[C@H](CCCN)NC(=O)[C@@H](NC(=O)[C@@H]1CCCN1C(=O)[C@H](N)Cc1ccccc1)C(C)C)C(C)C)C(=O)O. The van der Waals surface area contributed by atoms with Gasteiger partial charge in [0, 0.05) is 19.5 Å². The molecule has 0 radical (unpaired) electrons. The summed E-state index contributed by atoms with van der Waals surface area (Å²) in [6.07, 6.45) is 2.97. The average molecular weight is 1160 g/mol. The van der Waals surface area contributed by atoms with Gasteiger partial charge in [0.1, 0.15) is 54.4 Å². The minimum atomic E-state index is -1.24. The number of amides is 9. The summed E-state index contributed by atoms with van der Waals surface area (Å²) in [6.45, 7) is 15.1. The smallest absolute Gasteiger partial charge is 0.326 e. The van der Waals surface area contributed by atoms with E-state index in [-0.39, 0.29) is 82.3 Å². The van der Waals surface area contributed by atoms with Crippen molar-refractivity contribution in [2.45, 2.75) is 193 Å². The number of nitrogens with one attached hydrogen (secondary N) is 7. The first-order valence-electron chi connectivity index (χ1n) is 29.6. The normalized spacial score (nSPS) is 18.1. The van der Waals surface area contributed by atoms with Gasteiger partial charge in [0.2, 0.25) is 53.2 Å². The maximum atomic E-state index is 14.9. The number of likely N-dealkylation sites (tertiary alicyclic amines) is 2. The summed E-state index contributed by atoms with van der Waals surface area (Å²) in [5.41, 5.74) is 19.6. The average Bonchev–Trinajstić information content (AvgIpc) is 4.39. The number of nitrogens with two attached hydrogens (primary N) is 3. The van der Waals surface area contributed by atoms with Crippen molar-refractivity contribution in [2.75, 3.05) is 26.2 Å². The quantitative estimate of drug-likeness (QED) is 0.0478. The summed E-state index contributed by atoms with van der Waals surface area (Å²) in [4.78, 5) is 142. The third-order valence-electron chi connectivity index (χ3n) is 15.0. The summed E-state index contributed by atoms with van der Waals surface area (Å²) < 4.78 is 0. The van der Waals surface area contributed by atoms with E-state index < -0.39 is 125 Å². The summed E-state index contributed by atoms with van der Waals surface area (Å²) in [5.74, 6) is -7.96. The molecular weight excluding hydrogens is 1060 g/mol. The fourth-order valence-electron chi connectivity index (χ4n) is 10.5. The van der Waals surface area contributed by atoms with Crippen molar-refractivity contribution in [1.82, 2.24) is 47.0 Å². The molecule has 2 aromatic rings. The molecule has 10 atom stereocenters. The van der Waals surface area contributed by atoms with Crippen LogP contribution >= 0.6 is 0 Å². The molecule has 0 aromatic heterocycles. The highest BCUT2D eigenvalue weighted by atomic mass is 16.4. The second kappa shape index (κ2) is 34.0. The molecule has 23 nitrogen and oxygen atoms in total. The van der Waals surface area contributed by atoms with Gasteiger partial charge in [0.15, 0.2) is 0 Å². The van der Waals surface area contributed by atoms with E-state index in [0.717, 1.165) is 5.56 Å². The van der Waals surface area contributed by atoms with Crippen LogP contribution in [-0.4, -0.2) is 161 Å². The predicted molar refractivity (Wildman–Crippen MR) is 314 cm³/mol. The molecule has 0 bridgehead atoms. The molecule has 2 fully saturated rings. The van der Waals surface area contributed by atoms with E-state index in [1.165, 1.54) is 9.80 Å². The minimum absolute atomic E-state index is 0.00649. The Morgan fingerprint density at radius 1 is 0.494 bits per heavy atom. The summed E-state index contributed by atoms with van der Waals surface area (Å²) in [5, 5.41) is 29.2. The lowest BCUT2D eigenvalue weighted by atomic mass is 9.99. The lowest BCUT2D eigenvalue weighted by Crippen LogP contribution is -2.61. The molecule has 2 saturated heterocycles. The van der Waals surface area contributed by atoms with Gasteiger partial charge >= 0.3 is 5.97 Å². The molecule has 9 amide bonds. The van der Waals surface area contributed by atoms with Crippen molar-refractivity contribution < 1.29 is 53.1 Å². The van der Waals surface area contributed by atoms with E-state index >= 15 is 0 Å². The first-order chi connectivity index (χ1) is 39.4. The molecular formula is C60H94N12O11. The van der Waals surface area contributed by atoms with Gasteiger partial charge < -0.3 is 69.3 Å². The Balaban J connectivity index is 1.52. The molecule has 0 unspecified atom stereocenters. The molecule has 14 N–H and O–H groups in total. The number of hydrogen-bond donors (Lipinski definition) is 11. The number of carboxylic acid groups (broad SMARTS) is 1. The Labute approximate surface area is 489 Å². The van der Waals surface area contributed by atoms with Crippen LogP contribution in [0.2, 0.25) is 0 Å². The molecule has 0 spiro atoms. The zero-order chi connectivity index (χ0) is 61.5. The van der Waals surface area contributed by atoms with E-state index in [9.17, 15) is 53.1 Å². The number of rotatable bonds is 33. The first-order valence-corrected chi connectivity index (χ1v) is 29.6. The van der Waals surface area contributed by atoms with Crippen LogP contribution in [0.4, 0.5) is 0 Å². The van der Waals surface area contributed by atoms with Crippen molar-refractivity contribution >= 4 is 59.1 Å². The van der Waals surface area contributed by atoms with Crippen molar-refractivity contribution in [3.63, 3.8) is 0 Å². The zero-order valence-electron chi connectivity index (χ0n) is 49.8. The number of carbonyl (C=O) groups excluding carboxylic acids is 9. The van der Waals surface area contributed by atoms with Gasteiger partial charge in [-0.2, -0.15) is 0 Å². The van der Waals surface area contributed by atoms with Crippen molar-refractivity contribution in [1.29, 1.82) is 0 Å². The zero-order valence-corrected chi connectivity index (χ0v) is 49.8. The molecule has 2 aliphatic heterocycles. The summed E-state index contributed by atoms with van der Waals surface area (Å²) in [6, 6.07) is 7.14. The lowest BCUT2D eigenvalue weighted by Gasteiger charge is -2.32. The largest absolute Gasteiger partial charge is 0.480 e. The van der Waals surface area contributed by atoms with Crippen LogP contribution in [0, 0.1) is 23.7 Å². The van der Waals surface area contributed by atoms with E-state index in [1.54, 1.807) is 58.0 Å². The van der Waals surface area contributed by atoms with E-state index in [1.807, 2.05) is 58.0 Å². The lowest BCUT2D eigenvalue weighted by molar-refractivity contribution is -0.143. The molecule has 83 heavy (non-hydrogen) atoms. The van der Waals surface area contributed by atoms with Crippen LogP contribution in [0.15, 0.2) is 60.7 Å². The minimum Gasteiger partial charge on any atom is -0.480 e. The molecule has 0 saturated carbocycles. The fraction of sp³-hybridized carbons (Fsp3) is 0.633. The number of aliphatic carboxylic acids is 1. The first kappa shape index (κ1) is 68.5. The van der Waals surface area contributed by atoms with Gasteiger partial charge in [-0.3, -0.25) is 43.2 Å². The third kappa shape index (κ3) is 21.3. The van der Waals surface area contributed by atoms with Gasteiger partial charge in [0.25, 0.3) is 0 Å². The fourth-order valence-corrected chi connectivity index (χ4v) is 10.5. The summed E-state index contributed by atoms with van der Waals surface area (Å²) >= 11 is 0. The molecule has 4 rings (SSSR count). The van der Waals surface area contributed by atoms with Crippen LogP contribution in [0.3, 0.4) is 0 Å². The maximum Gasteiger partial charge on any atom is 0.326 e. The number of carboxylic acids is 1. The molecule has 460 valence electrons. The monoisotopic (exact) mass is 1160 g/mol. The van der Waals surface area contributed by atoms with Crippen molar-refractivity contribution in [3.8, 4) is 0 Å². The van der Waals surface area contributed by atoms with Gasteiger partial charge in [-0.05, 0) is 119 Å². The topological polar surface area (TPSA) is 360 Å². The highest BCUT2D eigenvalue weighted by molar-refractivity contribution is 5.99. The number of carbonyl (C=O) groups is 10. The van der Waals surface area contributed by atoms with Crippen LogP contribution < -0.4 is 54.4 Å². The highest BCUT2D eigenvalue weighted by Gasteiger charge is 2.42. The summed E-state index contributed by atoms with van der Waals surface area (Å²) in [7, 11) is 0. The molecule has 0 aliphatic carbocycles. The Hall–Kier alpha value is -6.98. The second-order valence-electron chi connectivity index (χ2n) is 23.6. The third-order valence-corrected chi connectivity index (χ3v) is 15.0. The Morgan fingerprint density at radius 3 is 1.28 bits per heavy atom.